The summed E-state index contributed by atoms with van der Waals surface area (Å²) in [6, 6.07) is 14.8. The normalized spacial score (nSPS) is 13.3. The summed E-state index contributed by atoms with van der Waals surface area (Å²) in [6.45, 7) is -0.0197. The van der Waals surface area contributed by atoms with Gasteiger partial charge in [-0.2, -0.15) is 13.2 Å². The number of rotatable bonds is 7. The monoisotopic (exact) mass is 484 g/mol. The third kappa shape index (κ3) is 5.13. The third-order valence-corrected chi connectivity index (χ3v) is 5.47. The van der Waals surface area contributed by atoms with Gasteiger partial charge in [-0.15, -0.1) is 0 Å². The summed E-state index contributed by atoms with van der Waals surface area (Å²) in [7, 11) is 1.47. The number of fused-ring (bicyclic) bond motifs is 1. The number of benzene rings is 3. The van der Waals surface area contributed by atoms with Crippen LogP contribution in [0.1, 0.15) is 27.0 Å². The van der Waals surface area contributed by atoms with Crippen LogP contribution in [0, 0.1) is 0 Å². The lowest BCUT2D eigenvalue weighted by Gasteiger charge is -2.14. The Bertz CT molecular complexity index is 1290. The average Bonchev–Trinajstić information content (AvgIpc) is 3.31. The molecule has 0 fully saturated rings. The molecule has 1 aliphatic rings. The van der Waals surface area contributed by atoms with Crippen molar-refractivity contribution in [2.45, 2.75) is 12.6 Å². The van der Waals surface area contributed by atoms with E-state index >= 15 is 0 Å². The number of alkyl halides is 3. The number of ether oxygens (including phenoxy) is 3. The molecule has 6 nitrogen and oxygen atoms in total. The van der Waals surface area contributed by atoms with Gasteiger partial charge in [-0.05, 0) is 59.7 Å². The molecule has 3 aromatic carbocycles. The lowest BCUT2D eigenvalue weighted by atomic mass is 9.89. The van der Waals surface area contributed by atoms with Crippen molar-refractivity contribution in [1.29, 1.82) is 0 Å². The van der Waals surface area contributed by atoms with Gasteiger partial charge in [0.05, 0.1) is 18.2 Å². The highest BCUT2D eigenvalue weighted by molar-refractivity contribution is 6.26. The van der Waals surface area contributed by atoms with Crippen LogP contribution in [0.15, 0.2) is 72.3 Å². The summed E-state index contributed by atoms with van der Waals surface area (Å²) >= 11 is 0. The first-order valence-electron chi connectivity index (χ1n) is 10.4. The van der Waals surface area contributed by atoms with Crippen LogP contribution in [-0.4, -0.2) is 30.8 Å². The number of carbonyl (C=O) groups is 2. The zero-order valence-corrected chi connectivity index (χ0v) is 18.4. The molecule has 0 saturated heterocycles. The highest BCUT2D eigenvalue weighted by atomic mass is 19.4. The third-order valence-electron chi connectivity index (χ3n) is 5.47. The number of hydrogen-bond donors (Lipinski definition) is 1. The molecular formula is C26H19F3O6. The number of hydrogen-bond acceptors (Lipinski definition) is 5. The number of ketones is 1. The molecule has 35 heavy (non-hydrogen) atoms. The van der Waals surface area contributed by atoms with Crippen molar-refractivity contribution in [1.82, 2.24) is 0 Å². The van der Waals surface area contributed by atoms with Gasteiger partial charge in [0, 0.05) is 17.6 Å². The zero-order valence-electron chi connectivity index (χ0n) is 18.4. The van der Waals surface area contributed by atoms with Gasteiger partial charge in [0.1, 0.15) is 5.75 Å². The summed E-state index contributed by atoms with van der Waals surface area (Å²) in [5.74, 6) is -0.685. The van der Waals surface area contributed by atoms with Gasteiger partial charge in [0.25, 0.3) is 0 Å². The van der Waals surface area contributed by atoms with Crippen LogP contribution >= 0.6 is 0 Å². The summed E-state index contributed by atoms with van der Waals surface area (Å²) in [4.78, 5) is 25.9. The Balaban J connectivity index is 1.83. The van der Waals surface area contributed by atoms with E-state index in [1.165, 1.54) is 49.6 Å². The maximum Gasteiger partial charge on any atom is 0.416 e. The molecular weight excluding hydrogens is 465 g/mol. The Kier molecular flexibility index (Phi) is 6.50. The van der Waals surface area contributed by atoms with Crippen molar-refractivity contribution < 1.29 is 42.1 Å². The maximum atomic E-state index is 13.5. The van der Waals surface area contributed by atoms with E-state index in [1.807, 2.05) is 0 Å². The molecule has 0 bridgehead atoms. The van der Waals surface area contributed by atoms with Gasteiger partial charge in [0.2, 0.25) is 6.79 Å². The van der Waals surface area contributed by atoms with E-state index < -0.39 is 23.5 Å². The second kappa shape index (κ2) is 9.54. The lowest BCUT2D eigenvalue weighted by Crippen LogP contribution is -2.14. The Morgan fingerprint density at radius 3 is 2.14 bits per heavy atom. The number of allylic oxidation sites excluding steroid dienone is 1. The van der Waals surface area contributed by atoms with Crippen molar-refractivity contribution in [3.8, 4) is 17.2 Å². The largest absolute Gasteiger partial charge is 0.497 e. The fraction of sp³-hybridized carbons (Fsp3) is 0.154. The molecule has 0 saturated carbocycles. The number of halogens is 3. The lowest BCUT2D eigenvalue weighted by molar-refractivity contribution is -0.137. The minimum atomic E-state index is -4.52. The van der Waals surface area contributed by atoms with Crippen LogP contribution in [0.2, 0.25) is 0 Å². The Morgan fingerprint density at radius 2 is 1.54 bits per heavy atom. The van der Waals surface area contributed by atoms with E-state index in [0.29, 0.717) is 22.8 Å². The average molecular weight is 484 g/mol. The fourth-order valence-corrected chi connectivity index (χ4v) is 3.69. The van der Waals surface area contributed by atoms with E-state index in [4.69, 9.17) is 14.2 Å². The maximum absolute atomic E-state index is 13.5. The molecule has 1 N–H and O–H groups in total. The van der Waals surface area contributed by atoms with E-state index in [2.05, 4.69) is 0 Å². The van der Waals surface area contributed by atoms with Crippen LogP contribution in [0.5, 0.6) is 17.2 Å². The molecule has 4 rings (SSSR count). The molecule has 1 aliphatic heterocycles. The second-order valence-electron chi connectivity index (χ2n) is 7.66. The van der Waals surface area contributed by atoms with Gasteiger partial charge >= 0.3 is 12.1 Å². The van der Waals surface area contributed by atoms with Gasteiger partial charge < -0.3 is 19.3 Å². The first kappa shape index (κ1) is 23.9. The Labute approximate surface area is 198 Å². The highest BCUT2D eigenvalue weighted by Crippen LogP contribution is 2.36. The number of Topliss-reactive ketones (excluding diaryl/α,β-unsaturated/α-hetero) is 1. The van der Waals surface area contributed by atoms with Gasteiger partial charge in [-0.3, -0.25) is 4.79 Å². The number of methoxy groups -OCH3 is 1. The van der Waals surface area contributed by atoms with Gasteiger partial charge in [-0.1, -0.05) is 18.2 Å². The molecule has 3 aromatic rings. The minimum Gasteiger partial charge on any atom is -0.497 e. The first-order valence-corrected chi connectivity index (χ1v) is 10.4. The number of carbonyl (C=O) groups excluding carboxylic acids is 1. The van der Waals surface area contributed by atoms with E-state index in [0.717, 1.165) is 12.1 Å². The summed E-state index contributed by atoms with van der Waals surface area (Å²) in [6.07, 6.45) is -4.73. The number of aliphatic carboxylic acids is 1. The van der Waals surface area contributed by atoms with Crippen molar-refractivity contribution >= 4 is 17.3 Å². The Morgan fingerprint density at radius 1 is 0.914 bits per heavy atom. The summed E-state index contributed by atoms with van der Waals surface area (Å²) in [5, 5.41) is 10.1. The molecule has 1 heterocycles. The van der Waals surface area contributed by atoms with Crippen LogP contribution in [-0.2, 0) is 17.4 Å². The molecule has 180 valence electrons. The van der Waals surface area contributed by atoms with E-state index in [1.54, 1.807) is 12.1 Å². The molecule has 0 amide bonds. The molecule has 0 aromatic heterocycles. The molecule has 0 atom stereocenters. The predicted molar refractivity (Wildman–Crippen MR) is 120 cm³/mol. The first-order chi connectivity index (χ1) is 16.7. The zero-order chi connectivity index (χ0) is 25.2. The number of carboxylic acid groups (broad SMARTS) is 1. The fourth-order valence-electron chi connectivity index (χ4n) is 3.69. The van der Waals surface area contributed by atoms with Crippen molar-refractivity contribution in [2.75, 3.05) is 13.9 Å². The van der Waals surface area contributed by atoms with Crippen molar-refractivity contribution in [3.63, 3.8) is 0 Å². The topological polar surface area (TPSA) is 82.1 Å². The molecule has 0 spiro atoms. The molecule has 0 unspecified atom stereocenters. The standard InChI is InChI=1S/C26H19F3O6/c1-33-19-9-4-16(5-10-19)24(30)20(12-15-2-7-18(8-3-15)26(27,28)29)23(25(31)32)17-6-11-21-22(13-17)35-14-34-21/h2-11,13H,12,14H2,1H3,(H,31,32)/b23-20-. The molecule has 0 radical (unpaired) electrons. The second-order valence-corrected chi connectivity index (χ2v) is 7.66. The van der Waals surface area contributed by atoms with Crippen LogP contribution in [0.3, 0.4) is 0 Å². The summed E-state index contributed by atoms with van der Waals surface area (Å²) in [5.41, 5.74) is -0.486. The van der Waals surface area contributed by atoms with Crippen LogP contribution in [0.4, 0.5) is 13.2 Å². The van der Waals surface area contributed by atoms with E-state index in [-0.39, 0.29) is 35.5 Å². The van der Waals surface area contributed by atoms with Crippen LogP contribution < -0.4 is 14.2 Å². The molecule has 9 heteroatoms. The quantitative estimate of drug-likeness (QED) is 0.357. The van der Waals surface area contributed by atoms with E-state index in [9.17, 15) is 27.9 Å². The Hall–Kier alpha value is -4.27. The SMILES string of the molecule is COc1ccc(C(=O)/C(Cc2ccc(C(F)(F)F)cc2)=C(\C(=O)O)c2ccc3c(c2)OCO3)cc1. The van der Waals surface area contributed by atoms with Gasteiger partial charge in [-0.25, -0.2) is 4.79 Å². The smallest absolute Gasteiger partial charge is 0.416 e. The molecule has 0 aliphatic carbocycles. The highest BCUT2D eigenvalue weighted by Gasteiger charge is 2.30. The minimum absolute atomic E-state index is 0.0197. The van der Waals surface area contributed by atoms with Gasteiger partial charge in [0.15, 0.2) is 17.3 Å². The van der Waals surface area contributed by atoms with Crippen molar-refractivity contribution in [2.24, 2.45) is 0 Å². The van der Waals surface area contributed by atoms with Crippen molar-refractivity contribution in [3.05, 3.63) is 94.6 Å². The number of carboxylic acids is 1. The summed E-state index contributed by atoms with van der Waals surface area (Å²) < 4.78 is 54.7. The van der Waals surface area contributed by atoms with Crippen LogP contribution in [0.25, 0.3) is 5.57 Å². The predicted octanol–water partition coefficient (Wildman–Crippen LogP) is 5.41.